The predicted octanol–water partition coefficient (Wildman–Crippen LogP) is 4.86. The molecule has 0 unspecified atom stereocenters. The molecule has 4 aromatic rings. The van der Waals surface area contributed by atoms with Gasteiger partial charge in [-0.25, -0.2) is 4.98 Å². The second-order valence-corrected chi connectivity index (χ2v) is 8.53. The lowest BCUT2D eigenvalue weighted by atomic mass is 10.2. The van der Waals surface area contributed by atoms with Gasteiger partial charge in [0, 0.05) is 23.8 Å². The fourth-order valence-electron chi connectivity index (χ4n) is 2.77. The van der Waals surface area contributed by atoms with E-state index >= 15 is 0 Å². The van der Waals surface area contributed by atoms with Crippen molar-refractivity contribution in [2.24, 2.45) is 5.10 Å². The summed E-state index contributed by atoms with van der Waals surface area (Å²) in [7, 11) is 1.54. The van der Waals surface area contributed by atoms with Crippen molar-refractivity contribution in [2.45, 2.75) is 0 Å². The first-order chi connectivity index (χ1) is 15.9. The highest BCUT2D eigenvalue weighted by Crippen LogP contribution is 2.33. The van der Waals surface area contributed by atoms with Crippen LogP contribution in [0.3, 0.4) is 0 Å². The predicted molar refractivity (Wildman–Crippen MR) is 125 cm³/mol. The number of hydrazone groups is 1. The maximum atomic E-state index is 13.2. The molecule has 0 radical (unpaired) electrons. The Labute approximate surface area is 193 Å². The first-order valence-corrected chi connectivity index (χ1v) is 10.8. The second-order valence-electron chi connectivity index (χ2n) is 6.43. The fourth-order valence-corrected chi connectivity index (χ4v) is 4.41. The molecule has 2 heterocycles. The number of amides is 1. The Morgan fingerprint density at radius 3 is 2.45 bits per heavy atom. The molecule has 1 amide bonds. The molecule has 0 N–H and O–H groups in total. The number of aromatic nitrogens is 1. The number of hydrogen-bond donors (Lipinski definition) is 0. The molecule has 0 spiro atoms. The van der Waals surface area contributed by atoms with E-state index in [1.165, 1.54) is 61.1 Å². The fraction of sp³-hybridized carbons (Fsp3) is 0.0500. The van der Waals surface area contributed by atoms with Crippen molar-refractivity contribution in [3.05, 3.63) is 85.3 Å². The van der Waals surface area contributed by atoms with Crippen LogP contribution in [0.15, 0.2) is 59.7 Å². The van der Waals surface area contributed by atoms with E-state index in [-0.39, 0.29) is 21.4 Å². The van der Waals surface area contributed by atoms with E-state index in [1.54, 1.807) is 18.2 Å². The lowest BCUT2D eigenvalue weighted by molar-refractivity contribution is -0.384. The summed E-state index contributed by atoms with van der Waals surface area (Å²) in [6.45, 7) is 0. The van der Waals surface area contributed by atoms with Crippen molar-refractivity contribution < 1.29 is 19.4 Å². The number of benzene rings is 2. The number of fused-ring (bicyclic) bond motifs is 1. The highest BCUT2D eigenvalue weighted by atomic mass is 32.1. The van der Waals surface area contributed by atoms with Gasteiger partial charge in [-0.3, -0.25) is 25.0 Å². The molecular formula is C20H13N5O6S2. The number of carbonyl (C=O) groups is 1. The Morgan fingerprint density at radius 1 is 1.06 bits per heavy atom. The number of nitro groups is 2. The highest BCUT2D eigenvalue weighted by molar-refractivity contribution is 7.22. The van der Waals surface area contributed by atoms with Gasteiger partial charge in [-0.05, 0) is 36.4 Å². The third kappa shape index (κ3) is 4.68. The van der Waals surface area contributed by atoms with Crippen molar-refractivity contribution in [3.63, 3.8) is 0 Å². The molecule has 0 fully saturated rings. The van der Waals surface area contributed by atoms with Crippen molar-refractivity contribution in [3.8, 4) is 5.75 Å². The van der Waals surface area contributed by atoms with Crippen LogP contribution in [0.4, 0.5) is 15.8 Å². The van der Waals surface area contributed by atoms with Gasteiger partial charge < -0.3 is 4.74 Å². The minimum Gasteiger partial charge on any atom is -0.497 e. The van der Waals surface area contributed by atoms with Gasteiger partial charge in [-0.2, -0.15) is 10.1 Å². The van der Waals surface area contributed by atoms with Crippen LogP contribution in [-0.2, 0) is 0 Å². The maximum Gasteiger partial charge on any atom is 0.324 e. The van der Waals surface area contributed by atoms with Gasteiger partial charge in [0.25, 0.3) is 11.6 Å². The lowest BCUT2D eigenvalue weighted by Crippen LogP contribution is -2.25. The van der Waals surface area contributed by atoms with E-state index in [0.29, 0.717) is 16.1 Å². The Hall–Kier alpha value is -4.23. The van der Waals surface area contributed by atoms with Gasteiger partial charge in [-0.15, -0.1) is 0 Å². The number of carbonyl (C=O) groups excluding carboxylic acids is 1. The number of rotatable bonds is 7. The summed E-state index contributed by atoms with van der Waals surface area (Å²) in [4.78, 5) is 39.0. The van der Waals surface area contributed by atoms with Crippen LogP contribution in [-0.4, -0.2) is 34.1 Å². The summed E-state index contributed by atoms with van der Waals surface area (Å²) < 4.78 is 5.98. The molecular weight excluding hydrogens is 470 g/mol. The summed E-state index contributed by atoms with van der Waals surface area (Å²) in [6.07, 6.45) is 1.33. The van der Waals surface area contributed by atoms with Crippen LogP contribution in [0.2, 0.25) is 0 Å². The SMILES string of the molecule is COc1ccc2nc(N(/N=C/c3ccc([N+](=O)[O-])s3)C(=O)c3ccc([N+](=O)[O-])cc3)sc2c1. The van der Waals surface area contributed by atoms with Gasteiger partial charge in [0.15, 0.2) is 0 Å². The zero-order valence-electron chi connectivity index (χ0n) is 16.8. The summed E-state index contributed by atoms with van der Waals surface area (Å²) in [5.41, 5.74) is 0.630. The van der Waals surface area contributed by atoms with Crippen molar-refractivity contribution in [1.82, 2.24) is 4.98 Å². The molecule has 0 saturated carbocycles. The number of nitrogens with zero attached hydrogens (tertiary/aromatic N) is 5. The Kier molecular flexibility index (Phi) is 6.06. The van der Waals surface area contributed by atoms with E-state index in [4.69, 9.17) is 4.74 Å². The standard InChI is InChI=1S/C20H13N5O6S2/c1-31-14-6-8-16-17(10-14)33-20(22-16)23(21-11-15-7-9-18(32-15)25(29)30)19(26)12-2-4-13(5-3-12)24(27)28/h2-11H,1H3/b21-11+. The largest absolute Gasteiger partial charge is 0.497 e. The normalized spacial score (nSPS) is 11.1. The lowest BCUT2D eigenvalue weighted by Gasteiger charge is -2.13. The van der Waals surface area contributed by atoms with Crippen LogP contribution in [0.25, 0.3) is 10.2 Å². The molecule has 0 aliphatic heterocycles. The molecule has 166 valence electrons. The molecule has 0 saturated heterocycles. The smallest absolute Gasteiger partial charge is 0.324 e. The van der Waals surface area contributed by atoms with Crippen LogP contribution in [0, 0.1) is 20.2 Å². The summed E-state index contributed by atoms with van der Waals surface area (Å²) in [5.74, 6) is 0.0542. The van der Waals surface area contributed by atoms with Gasteiger partial charge in [0.1, 0.15) is 5.75 Å². The summed E-state index contributed by atoms with van der Waals surface area (Å²) >= 11 is 2.10. The van der Waals surface area contributed by atoms with E-state index in [0.717, 1.165) is 21.0 Å². The summed E-state index contributed by atoms with van der Waals surface area (Å²) in [5, 5.41) is 27.3. The monoisotopic (exact) mass is 483 g/mol. The van der Waals surface area contributed by atoms with Crippen LogP contribution < -0.4 is 9.75 Å². The highest BCUT2D eigenvalue weighted by Gasteiger charge is 2.22. The van der Waals surface area contributed by atoms with Gasteiger partial charge in [-0.1, -0.05) is 22.7 Å². The molecule has 11 nitrogen and oxygen atoms in total. The van der Waals surface area contributed by atoms with E-state index in [1.807, 2.05) is 0 Å². The zero-order valence-corrected chi connectivity index (χ0v) is 18.4. The molecule has 13 heteroatoms. The first kappa shape index (κ1) is 22.0. The molecule has 0 aliphatic carbocycles. The number of hydrogen-bond acceptors (Lipinski definition) is 10. The number of anilines is 1. The van der Waals surface area contributed by atoms with Crippen LogP contribution >= 0.6 is 22.7 Å². The Bertz CT molecular complexity index is 1400. The average Bonchev–Trinajstić information content (AvgIpc) is 3.46. The number of non-ortho nitro benzene ring substituents is 1. The quantitative estimate of drug-likeness (QED) is 0.207. The topological polar surface area (TPSA) is 141 Å². The number of ether oxygens (including phenoxy) is 1. The molecule has 2 aromatic heterocycles. The zero-order chi connectivity index (χ0) is 23.5. The van der Waals surface area contributed by atoms with Crippen LogP contribution in [0.5, 0.6) is 5.75 Å². The van der Waals surface area contributed by atoms with Gasteiger partial charge in [0.05, 0.1) is 38.3 Å². The van der Waals surface area contributed by atoms with Crippen molar-refractivity contribution in [1.29, 1.82) is 0 Å². The van der Waals surface area contributed by atoms with Crippen molar-refractivity contribution >= 4 is 60.8 Å². The number of nitro benzene ring substituents is 1. The number of thiazole rings is 1. The third-order valence-electron chi connectivity index (χ3n) is 4.38. The minimum absolute atomic E-state index is 0.0585. The third-order valence-corrected chi connectivity index (χ3v) is 6.34. The molecule has 0 atom stereocenters. The Morgan fingerprint density at radius 2 is 1.82 bits per heavy atom. The van der Waals surface area contributed by atoms with E-state index in [2.05, 4.69) is 10.1 Å². The van der Waals surface area contributed by atoms with Gasteiger partial charge >= 0.3 is 5.00 Å². The number of methoxy groups -OCH3 is 1. The maximum absolute atomic E-state index is 13.2. The molecule has 4 rings (SSSR count). The molecule has 33 heavy (non-hydrogen) atoms. The first-order valence-electron chi connectivity index (χ1n) is 9.17. The molecule has 0 aliphatic rings. The Balaban J connectivity index is 1.73. The minimum atomic E-state index is -0.571. The second kappa shape index (κ2) is 9.10. The van der Waals surface area contributed by atoms with Crippen LogP contribution in [0.1, 0.15) is 15.2 Å². The summed E-state index contributed by atoms with van der Waals surface area (Å²) in [6, 6.07) is 13.2. The van der Waals surface area contributed by atoms with Crippen molar-refractivity contribution in [2.75, 3.05) is 12.1 Å². The number of thiophene rings is 1. The van der Waals surface area contributed by atoms with Gasteiger partial charge in [0.2, 0.25) is 5.13 Å². The molecule has 0 bridgehead atoms. The van der Waals surface area contributed by atoms with E-state index < -0.39 is 15.8 Å². The molecule has 2 aromatic carbocycles. The van der Waals surface area contributed by atoms with E-state index in [9.17, 15) is 25.0 Å². The average molecular weight is 483 g/mol.